The van der Waals surface area contributed by atoms with Gasteiger partial charge in [0.15, 0.2) is 0 Å². The van der Waals surface area contributed by atoms with Gasteiger partial charge >= 0.3 is 0 Å². The molecule has 0 aliphatic carbocycles. The Balaban J connectivity index is 2.13. The van der Waals surface area contributed by atoms with Crippen molar-refractivity contribution in [2.24, 2.45) is 0 Å². The van der Waals surface area contributed by atoms with Crippen LogP contribution in [0.3, 0.4) is 0 Å². The zero-order valence-corrected chi connectivity index (χ0v) is 11.6. The molecular weight excluding hydrogens is 254 g/mol. The van der Waals surface area contributed by atoms with Crippen LogP contribution in [0.1, 0.15) is 18.9 Å². The van der Waals surface area contributed by atoms with Gasteiger partial charge in [0.25, 0.3) is 0 Å². The van der Waals surface area contributed by atoms with Crippen molar-refractivity contribution in [1.29, 1.82) is 0 Å². The van der Waals surface area contributed by atoms with Gasteiger partial charge in [-0.3, -0.25) is 0 Å². The monoisotopic (exact) mass is 271 g/mol. The molecule has 0 saturated carbocycles. The number of benzene rings is 1. The van der Waals surface area contributed by atoms with Crippen LogP contribution in [0.15, 0.2) is 18.2 Å². The second-order valence-corrected chi connectivity index (χ2v) is 6.10. The summed E-state index contributed by atoms with van der Waals surface area (Å²) >= 11 is 8.19. The maximum Gasteiger partial charge on any atom is 0.0696 e. The van der Waals surface area contributed by atoms with Gasteiger partial charge in [-0.15, -0.1) is 0 Å². The Hall–Kier alpha value is -0.380. The number of anilines is 1. The highest BCUT2D eigenvalue weighted by molar-refractivity contribution is 8.00. The first-order chi connectivity index (χ1) is 8.24. The first kappa shape index (κ1) is 13.1. The van der Waals surface area contributed by atoms with Crippen molar-refractivity contribution < 1.29 is 5.11 Å². The number of aliphatic hydroxyl groups excluding tert-OH is 1. The van der Waals surface area contributed by atoms with Gasteiger partial charge in [0.05, 0.1) is 6.61 Å². The lowest BCUT2D eigenvalue weighted by molar-refractivity contribution is 0.282. The van der Waals surface area contributed by atoms with E-state index in [2.05, 4.69) is 29.7 Å². The van der Waals surface area contributed by atoms with Crippen LogP contribution < -0.4 is 4.90 Å². The van der Waals surface area contributed by atoms with Crippen molar-refractivity contribution in [2.45, 2.75) is 25.2 Å². The van der Waals surface area contributed by atoms with Gasteiger partial charge in [-0.25, -0.2) is 0 Å². The standard InChI is InChI=1S/C13H18ClNOS/c1-2-12-8-15(5-6-17-12)11-4-3-10(9-16)13(14)7-11/h3-4,7,12,16H,2,5-6,8-9H2,1H3. The number of nitrogens with zero attached hydrogens (tertiary/aromatic N) is 1. The van der Waals surface area contributed by atoms with E-state index in [0.717, 1.165) is 23.9 Å². The third-order valence-electron chi connectivity index (χ3n) is 3.17. The van der Waals surface area contributed by atoms with Gasteiger partial charge in [-0.2, -0.15) is 11.8 Å². The van der Waals surface area contributed by atoms with Crippen LogP contribution in [0.5, 0.6) is 0 Å². The quantitative estimate of drug-likeness (QED) is 0.914. The molecule has 1 aliphatic heterocycles. The molecule has 1 heterocycles. The number of rotatable bonds is 3. The summed E-state index contributed by atoms with van der Waals surface area (Å²) in [6.07, 6.45) is 1.21. The van der Waals surface area contributed by atoms with Crippen molar-refractivity contribution in [2.75, 3.05) is 23.7 Å². The van der Waals surface area contributed by atoms with Crippen molar-refractivity contribution in [3.63, 3.8) is 0 Å². The van der Waals surface area contributed by atoms with E-state index in [4.69, 9.17) is 16.7 Å². The van der Waals surface area contributed by atoms with E-state index in [1.807, 2.05) is 12.1 Å². The van der Waals surface area contributed by atoms with Crippen LogP contribution in [0.25, 0.3) is 0 Å². The topological polar surface area (TPSA) is 23.5 Å². The normalized spacial score (nSPS) is 20.6. The Morgan fingerprint density at radius 3 is 3.00 bits per heavy atom. The molecule has 94 valence electrons. The van der Waals surface area contributed by atoms with Crippen molar-refractivity contribution >= 4 is 29.1 Å². The molecule has 1 unspecified atom stereocenters. The van der Waals surface area contributed by atoms with Crippen LogP contribution in [0.4, 0.5) is 5.69 Å². The van der Waals surface area contributed by atoms with E-state index in [9.17, 15) is 0 Å². The summed E-state index contributed by atoms with van der Waals surface area (Å²) in [5, 5.41) is 10.5. The van der Waals surface area contributed by atoms with Gasteiger partial charge in [0.2, 0.25) is 0 Å². The van der Waals surface area contributed by atoms with Gasteiger partial charge in [-0.05, 0) is 24.1 Å². The minimum Gasteiger partial charge on any atom is -0.392 e. The second-order valence-electron chi connectivity index (χ2n) is 4.28. The molecule has 17 heavy (non-hydrogen) atoms. The maximum atomic E-state index is 9.10. The molecule has 1 saturated heterocycles. The summed E-state index contributed by atoms with van der Waals surface area (Å²) in [4.78, 5) is 2.39. The summed E-state index contributed by atoms with van der Waals surface area (Å²) < 4.78 is 0. The molecule has 1 N–H and O–H groups in total. The lowest BCUT2D eigenvalue weighted by Crippen LogP contribution is -2.37. The first-order valence-corrected chi connectivity index (χ1v) is 7.43. The maximum absolute atomic E-state index is 9.10. The average molecular weight is 272 g/mol. The molecule has 0 aromatic heterocycles. The van der Waals surface area contributed by atoms with Gasteiger partial charge in [-0.1, -0.05) is 24.6 Å². The Kier molecular flexibility index (Phi) is 4.60. The fraction of sp³-hybridized carbons (Fsp3) is 0.538. The summed E-state index contributed by atoms with van der Waals surface area (Å²) in [5.74, 6) is 1.18. The molecule has 1 atom stereocenters. The number of hydrogen-bond acceptors (Lipinski definition) is 3. The predicted octanol–water partition coefficient (Wildman–Crippen LogP) is 3.16. The fourth-order valence-corrected chi connectivity index (χ4v) is 3.48. The summed E-state index contributed by atoms with van der Waals surface area (Å²) in [7, 11) is 0. The third-order valence-corrected chi connectivity index (χ3v) is 4.89. The molecule has 0 amide bonds. The highest BCUT2D eigenvalue weighted by Crippen LogP contribution is 2.28. The van der Waals surface area contributed by atoms with Crippen LogP contribution in [-0.4, -0.2) is 29.2 Å². The van der Waals surface area contributed by atoms with Gasteiger partial charge < -0.3 is 10.0 Å². The predicted molar refractivity (Wildman–Crippen MR) is 76.1 cm³/mol. The van der Waals surface area contributed by atoms with Crippen molar-refractivity contribution in [1.82, 2.24) is 0 Å². The minimum absolute atomic E-state index is 0.00650. The SMILES string of the molecule is CCC1CN(c2ccc(CO)c(Cl)c2)CCS1. The number of hydrogen-bond donors (Lipinski definition) is 1. The fourth-order valence-electron chi connectivity index (χ4n) is 2.06. The van der Waals surface area contributed by atoms with E-state index in [-0.39, 0.29) is 6.61 Å². The lowest BCUT2D eigenvalue weighted by atomic mass is 10.2. The highest BCUT2D eigenvalue weighted by Gasteiger charge is 2.19. The minimum atomic E-state index is 0.00650. The Morgan fingerprint density at radius 2 is 2.35 bits per heavy atom. The van der Waals surface area contributed by atoms with E-state index in [1.54, 1.807) is 0 Å². The van der Waals surface area contributed by atoms with Gasteiger partial charge in [0.1, 0.15) is 0 Å². The Bertz CT molecular complexity index is 386. The smallest absolute Gasteiger partial charge is 0.0696 e. The molecular formula is C13H18ClNOS. The summed E-state index contributed by atoms with van der Waals surface area (Å²) in [6.45, 7) is 4.42. The van der Waals surface area contributed by atoms with E-state index >= 15 is 0 Å². The Morgan fingerprint density at radius 1 is 1.53 bits per heavy atom. The molecule has 2 nitrogen and oxygen atoms in total. The van der Waals surface area contributed by atoms with E-state index in [0.29, 0.717) is 5.02 Å². The van der Waals surface area contributed by atoms with Crippen LogP contribution >= 0.6 is 23.4 Å². The molecule has 4 heteroatoms. The van der Waals surface area contributed by atoms with Crippen molar-refractivity contribution in [3.8, 4) is 0 Å². The average Bonchev–Trinajstić information content (AvgIpc) is 2.38. The Labute approximate surface area is 112 Å². The molecule has 0 bridgehead atoms. The largest absolute Gasteiger partial charge is 0.392 e. The number of halogens is 1. The van der Waals surface area contributed by atoms with E-state index < -0.39 is 0 Å². The first-order valence-electron chi connectivity index (χ1n) is 6.00. The van der Waals surface area contributed by atoms with Gasteiger partial charge in [0, 0.05) is 34.8 Å². The number of thioether (sulfide) groups is 1. The zero-order valence-electron chi connectivity index (χ0n) is 10.0. The molecule has 1 fully saturated rings. The van der Waals surface area contributed by atoms with Crippen LogP contribution in [-0.2, 0) is 6.61 Å². The van der Waals surface area contributed by atoms with Crippen LogP contribution in [0, 0.1) is 0 Å². The van der Waals surface area contributed by atoms with Crippen molar-refractivity contribution in [3.05, 3.63) is 28.8 Å². The molecule has 0 radical (unpaired) electrons. The summed E-state index contributed by atoms with van der Waals surface area (Å²) in [6, 6.07) is 5.94. The molecule has 1 aliphatic rings. The molecule has 1 aromatic rings. The number of aliphatic hydroxyl groups is 1. The highest BCUT2D eigenvalue weighted by atomic mass is 35.5. The summed E-state index contributed by atoms with van der Waals surface area (Å²) in [5.41, 5.74) is 1.97. The molecule has 2 rings (SSSR count). The van der Waals surface area contributed by atoms with E-state index in [1.165, 1.54) is 17.9 Å². The second kappa shape index (κ2) is 5.98. The zero-order chi connectivity index (χ0) is 12.3. The molecule has 0 spiro atoms. The lowest BCUT2D eigenvalue weighted by Gasteiger charge is -2.33. The third kappa shape index (κ3) is 3.09. The van der Waals surface area contributed by atoms with Crippen LogP contribution in [0.2, 0.25) is 5.02 Å². The molecule has 1 aromatic carbocycles.